The van der Waals surface area contributed by atoms with Crippen molar-refractivity contribution >= 4 is 11.9 Å². The van der Waals surface area contributed by atoms with Gasteiger partial charge in [-0.15, -0.1) is 0 Å². The summed E-state index contributed by atoms with van der Waals surface area (Å²) >= 11 is 0. The second-order valence-corrected chi connectivity index (χ2v) is 3.58. The molecule has 1 saturated carbocycles. The number of aliphatic carboxylic acids is 1. The predicted molar refractivity (Wildman–Crippen MR) is 40.4 cm³/mol. The summed E-state index contributed by atoms with van der Waals surface area (Å²) in [5.41, 5.74) is 0. The Balaban J connectivity index is 2.09. The molecule has 3 atom stereocenters. The molecule has 4 nitrogen and oxygen atoms in total. The molecule has 0 bridgehead atoms. The fourth-order valence-electron chi connectivity index (χ4n) is 2.10. The minimum absolute atomic E-state index is 0.00579. The van der Waals surface area contributed by atoms with Gasteiger partial charge in [0.1, 0.15) is 0 Å². The van der Waals surface area contributed by atoms with E-state index in [4.69, 9.17) is 5.11 Å². The van der Waals surface area contributed by atoms with Crippen molar-refractivity contribution in [2.75, 3.05) is 6.54 Å². The fraction of sp³-hybridized carbons (Fsp3) is 0.750. The van der Waals surface area contributed by atoms with E-state index in [1.165, 1.54) is 6.92 Å². The smallest absolute Gasteiger partial charge is 0.308 e. The molecule has 1 heterocycles. The van der Waals surface area contributed by atoms with E-state index in [2.05, 4.69) is 0 Å². The van der Waals surface area contributed by atoms with Crippen LogP contribution >= 0.6 is 0 Å². The quantitative estimate of drug-likeness (QED) is 0.598. The normalized spacial score (nSPS) is 37.8. The number of rotatable bonds is 1. The molecule has 1 N–H and O–H groups in total. The Hall–Kier alpha value is -1.06. The lowest BCUT2D eigenvalue weighted by Crippen LogP contribution is -2.31. The first kappa shape index (κ1) is 7.58. The van der Waals surface area contributed by atoms with Crippen molar-refractivity contribution in [2.24, 2.45) is 11.8 Å². The van der Waals surface area contributed by atoms with Gasteiger partial charge in [-0.1, -0.05) is 0 Å². The van der Waals surface area contributed by atoms with Crippen LogP contribution in [0.2, 0.25) is 0 Å². The summed E-state index contributed by atoms with van der Waals surface area (Å²) in [5.74, 6) is -0.817. The summed E-state index contributed by atoms with van der Waals surface area (Å²) in [4.78, 5) is 23.3. The monoisotopic (exact) mass is 169 g/mol. The van der Waals surface area contributed by atoms with Gasteiger partial charge in [0.25, 0.3) is 0 Å². The third-order valence-corrected chi connectivity index (χ3v) is 2.84. The van der Waals surface area contributed by atoms with Crippen LogP contribution in [0.5, 0.6) is 0 Å². The maximum Gasteiger partial charge on any atom is 0.308 e. The molecule has 0 aromatic heterocycles. The first-order valence-corrected chi connectivity index (χ1v) is 4.11. The van der Waals surface area contributed by atoms with Crippen LogP contribution in [0, 0.1) is 11.8 Å². The lowest BCUT2D eigenvalue weighted by atomic mass is 10.1. The second kappa shape index (κ2) is 2.21. The van der Waals surface area contributed by atoms with Crippen molar-refractivity contribution in [3.63, 3.8) is 0 Å². The summed E-state index contributed by atoms with van der Waals surface area (Å²) in [7, 11) is 0. The molecule has 1 amide bonds. The summed E-state index contributed by atoms with van der Waals surface area (Å²) in [6.07, 6.45) is 0.885. The summed E-state index contributed by atoms with van der Waals surface area (Å²) in [6, 6.07) is 0.239. The maximum absolute atomic E-state index is 11.0. The molecule has 0 radical (unpaired) electrons. The Labute approximate surface area is 70.2 Å². The van der Waals surface area contributed by atoms with Crippen LogP contribution in [-0.4, -0.2) is 34.5 Å². The molecule has 2 aliphatic rings. The van der Waals surface area contributed by atoms with Crippen molar-refractivity contribution < 1.29 is 14.7 Å². The van der Waals surface area contributed by atoms with E-state index in [1.807, 2.05) is 0 Å². The topological polar surface area (TPSA) is 57.6 Å². The number of piperidine rings is 1. The largest absolute Gasteiger partial charge is 0.481 e. The molecule has 0 aromatic rings. The number of nitrogens with zero attached hydrogens (tertiary/aromatic N) is 1. The Bertz CT molecular complexity index is 227. The first-order chi connectivity index (χ1) is 5.61. The van der Waals surface area contributed by atoms with Gasteiger partial charge in [0.15, 0.2) is 0 Å². The van der Waals surface area contributed by atoms with Crippen LogP contribution in [0.3, 0.4) is 0 Å². The SMILES string of the molecule is CC(=O)N1CC(C(=O)O)C2CC21. The molecular formula is C8H11NO3. The zero-order chi connectivity index (χ0) is 8.88. The summed E-state index contributed by atoms with van der Waals surface area (Å²) in [6.45, 7) is 1.92. The molecule has 1 saturated heterocycles. The highest BCUT2D eigenvalue weighted by Gasteiger charge is 2.56. The number of likely N-dealkylation sites (tertiary alicyclic amines) is 1. The Kier molecular flexibility index (Phi) is 1.40. The van der Waals surface area contributed by atoms with Gasteiger partial charge in [0.2, 0.25) is 5.91 Å². The molecule has 1 aliphatic heterocycles. The minimum atomic E-state index is -0.758. The van der Waals surface area contributed by atoms with Gasteiger partial charge in [0, 0.05) is 19.5 Å². The Morgan fingerprint density at radius 1 is 1.50 bits per heavy atom. The first-order valence-electron chi connectivity index (χ1n) is 4.11. The van der Waals surface area contributed by atoms with Gasteiger partial charge in [-0.25, -0.2) is 0 Å². The number of hydrogen-bond acceptors (Lipinski definition) is 2. The molecule has 1 aliphatic carbocycles. The Morgan fingerprint density at radius 3 is 2.50 bits per heavy atom. The van der Waals surface area contributed by atoms with Crippen molar-refractivity contribution in [1.82, 2.24) is 4.90 Å². The highest BCUT2D eigenvalue weighted by Crippen LogP contribution is 2.48. The molecule has 0 aromatic carbocycles. The van der Waals surface area contributed by atoms with Crippen LogP contribution in [0.4, 0.5) is 0 Å². The third kappa shape index (κ3) is 0.906. The standard InChI is InChI=1S/C8H11NO3/c1-4(10)9-3-6(8(11)12)5-2-7(5)9/h5-7H,2-3H2,1H3,(H,11,12). The van der Waals surface area contributed by atoms with Crippen molar-refractivity contribution in [1.29, 1.82) is 0 Å². The van der Waals surface area contributed by atoms with E-state index in [1.54, 1.807) is 4.90 Å². The van der Waals surface area contributed by atoms with Crippen molar-refractivity contribution in [2.45, 2.75) is 19.4 Å². The van der Waals surface area contributed by atoms with Gasteiger partial charge >= 0.3 is 5.97 Å². The second-order valence-electron chi connectivity index (χ2n) is 3.58. The van der Waals surface area contributed by atoms with Gasteiger partial charge in [-0.3, -0.25) is 9.59 Å². The van der Waals surface area contributed by atoms with E-state index in [0.717, 1.165) is 6.42 Å². The number of carboxylic acids is 1. The van der Waals surface area contributed by atoms with Crippen LogP contribution < -0.4 is 0 Å². The van der Waals surface area contributed by atoms with Crippen molar-refractivity contribution in [3.8, 4) is 0 Å². The predicted octanol–water partition coefficient (Wildman–Crippen LogP) is -0.0622. The van der Waals surface area contributed by atoms with Gasteiger partial charge in [0.05, 0.1) is 5.92 Å². The molecule has 0 spiro atoms. The third-order valence-electron chi connectivity index (χ3n) is 2.84. The molecule has 2 rings (SSSR count). The zero-order valence-electron chi connectivity index (χ0n) is 6.86. The maximum atomic E-state index is 11.0. The lowest BCUT2D eigenvalue weighted by molar-refractivity contribution is -0.142. The average Bonchev–Trinajstić information content (AvgIpc) is 2.63. The molecular weight excluding hydrogens is 158 g/mol. The Morgan fingerprint density at radius 2 is 2.17 bits per heavy atom. The van der Waals surface area contributed by atoms with Gasteiger partial charge in [-0.05, 0) is 12.3 Å². The van der Waals surface area contributed by atoms with Gasteiger partial charge < -0.3 is 10.0 Å². The molecule has 66 valence electrons. The number of carbonyl (C=O) groups is 2. The number of carbonyl (C=O) groups excluding carboxylic acids is 1. The van der Waals surface area contributed by atoms with Crippen LogP contribution in [-0.2, 0) is 9.59 Å². The van der Waals surface area contributed by atoms with Crippen LogP contribution in [0.1, 0.15) is 13.3 Å². The number of fused-ring (bicyclic) bond motifs is 1. The average molecular weight is 169 g/mol. The summed E-state index contributed by atoms with van der Waals surface area (Å²) < 4.78 is 0. The highest BCUT2D eigenvalue weighted by molar-refractivity contribution is 5.78. The van der Waals surface area contributed by atoms with E-state index in [9.17, 15) is 9.59 Å². The molecule has 3 unspecified atom stereocenters. The fourth-order valence-corrected chi connectivity index (χ4v) is 2.10. The van der Waals surface area contributed by atoms with E-state index < -0.39 is 5.97 Å². The van der Waals surface area contributed by atoms with Gasteiger partial charge in [-0.2, -0.15) is 0 Å². The van der Waals surface area contributed by atoms with E-state index in [0.29, 0.717) is 6.54 Å². The molecule has 2 fully saturated rings. The summed E-state index contributed by atoms with van der Waals surface area (Å²) in [5, 5.41) is 8.77. The van der Waals surface area contributed by atoms with Crippen LogP contribution in [0.15, 0.2) is 0 Å². The van der Waals surface area contributed by atoms with E-state index >= 15 is 0 Å². The number of amides is 1. The van der Waals surface area contributed by atoms with E-state index in [-0.39, 0.29) is 23.8 Å². The minimum Gasteiger partial charge on any atom is -0.481 e. The lowest BCUT2D eigenvalue weighted by Gasteiger charge is -2.16. The zero-order valence-corrected chi connectivity index (χ0v) is 6.86. The molecule has 12 heavy (non-hydrogen) atoms. The molecule has 4 heteroatoms. The number of hydrogen-bond donors (Lipinski definition) is 1. The number of carboxylic acid groups (broad SMARTS) is 1. The highest BCUT2D eigenvalue weighted by atomic mass is 16.4. The van der Waals surface area contributed by atoms with Crippen molar-refractivity contribution in [3.05, 3.63) is 0 Å². The van der Waals surface area contributed by atoms with Crippen LogP contribution in [0.25, 0.3) is 0 Å².